The number of rotatable bonds is 5. The van der Waals surface area contributed by atoms with Crippen molar-refractivity contribution in [1.82, 2.24) is 0 Å². The molecule has 1 heterocycles. The highest BCUT2D eigenvalue weighted by Crippen LogP contribution is 2.55. The molecule has 0 bridgehead atoms. The number of hydrogen-bond donors (Lipinski definition) is 0. The monoisotopic (exact) mass is 412 g/mol. The van der Waals surface area contributed by atoms with Crippen molar-refractivity contribution in [1.29, 1.82) is 0 Å². The number of benzene rings is 2. The van der Waals surface area contributed by atoms with Crippen molar-refractivity contribution in [3.63, 3.8) is 0 Å². The highest BCUT2D eigenvalue weighted by Gasteiger charge is 2.73. The van der Waals surface area contributed by atoms with Crippen molar-refractivity contribution in [3.8, 4) is 11.5 Å². The maximum atomic E-state index is 14.2. The summed E-state index contributed by atoms with van der Waals surface area (Å²) in [5.41, 5.74) is -3.05. The Balaban J connectivity index is 2.14. The van der Waals surface area contributed by atoms with Gasteiger partial charge in [0.2, 0.25) is 0 Å². The largest absolute Gasteiger partial charge is 0.497 e. The van der Waals surface area contributed by atoms with Crippen LogP contribution in [-0.4, -0.2) is 39.1 Å². The lowest BCUT2D eigenvalue weighted by atomic mass is 9.90. The van der Waals surface area contributed by atoms with Gasteiger partial charge < -0.3 is 23.7 Å². The van der Waals surface area contributed by atoms with Crippen LogP contribution in [0, 0.1) is 0 Å². The van der Waals surface area contributed by atoms with Crippen LogP contribution in [0.1, 0.15) is 23.5 Å². The predicted molar refractivity (Wildman–Crippen MR) is 94.4 cm³/mol. The summed E-state index contributed by atoms with van der Waals surface area (Å²) in [6.07, 6.45) is -8.43. The number of halogens is 3. The molecule has 0 N–H and O–H groups in total. The lowest BCUT2D eigenvalue weighted by Crippen LogP contribution is -2.56. The Kier molecular flexibility index (Phi) is 5.72. The second kappa shape index (κ2) is 7.92. The molecule has 0 saturated carbocycles. The Bertz CT molecular complexity index is 885. The van der Waals surface area contributed by atoms with Gasteiger partial charge in [-0.3, -0.25) is 0 Å². The number of carbonyl (C=O) groups excluding carboxylic acids is 1. The summed E-state index contributed by atoms with van der Waals surface area (Å²) < 4.78 is 68.3. The quantitative estimate of drug-likeness (QED) is 0.693. The van der Waals surface area contributed by atoms with Gasteiger partial charge in [-0.05, 0) is 29.8 Å². The van der Waals surface area contributed by atoms with Gasteiger partial charge >= 0.3 is 12.1 Å². The second-order valence-electron chi connectivity index (χ2n) is 6.24. The maximum Gasteiger partial charge on any atom is 0.431 e. The molecule has 1 aliphatic rings. The van der Waals surface area contributed by atoms with E-state index in [0.29, 0.717) is 11.5 Å². The first-order valence-electron chi connectivity index (χ1n) is 8.53. The van der Waals surface area contributed by atoms with Crippen LogP contribution in [0.5, 0.6) is 11.5 Å². The Morgan fingerprint density at radius 2 is 1.52 bits per heavy atom. The zero-order valence-corrected chi connectivity index (χ0v) is 15.9. The summed E-state index contributed by atoms with van der Waals surface area (Å²) in [4.78, 5) is 12.4. The lowest BCUT2D eigenvalue weighted by Gasteiger charge is -2.31. The smallest absolute Gasteiger partial charge is 0.431 e. The van der Waals surface area contributed by atoms with Crippen molar-refractivity contribution in [2.45, 2.75) is 24.2 Å². The van der Waals surface area contributed by atoms with Crippen LogP contribution < -0.4 is 9.47 Å². The lowest BCUT2D eigenvalue weighted by molar-refractivity contribution is -0.275. The molecule has 29 heavy (non-hydrogen) atoms. The van der Waals surface area contributed by atoms with Crippen molar-refractivity contribution in [2.24, 2.45) is 0 Å². The van der Waals surface area contributed by atoms with Crippen LogP contribution in [0.2, 0.25) is 0 Å². The molecule has 0 aromatic heterocycles. The van der Waals surface area contributed by atoms with Crippen molar-refractivity contribution < 1.29 is 41.7 Å². The summed E-state index contributed by atoms with van der Waals surface area (Å²) >= 11 is 0. The fourth-order valence-corrected chi connectivity index (χ4v) is 3.17. The Labute approximate surface area is 165 Å². The van der Waals surface area contributed by atoms with Gasteiger partial charge in [-0.1, -0.05) is 24.3 Å². The van der Waals surface area contributed by atoms with Crippen molar-refractivity contribution in [3.05, 3.63) is 59.7 Å². The van der Waals surface area contributed by atoms with Crippen molar-refractivity contribution in [2.75, 3.05) is 21.3 Å². The Morgan fingerprint density at radius 3 is 2.03 bits per heavy atom. The maximum absolute atomic E-state index is 14.2. The van der Waals surface area contributed by atoms with Crippen LogP contribution >= 0.6 is 0 Å². The molecule has 3 rings (SSSR count). The first-order chi connectivity index (χ1) is 13.8. The van der Waals surface area contributed by atoms with Crippen LogP contribution in [-0.2, 0) is 19.0 Å². The summed E-state index contributed by atoms with van der Waals surface area (Å²) in [7, 11) is 3.66. The third kappa shape index (κ3) is 3.63. The number of alkyl halides is 3. The molecule has 9 heteroatoms. The predicted octanol–water partition coefficient (Wildman–Crippen LogP) is 3.96. The molecular weight excluding hydrogens is 393 g/mol. The highest BCUT2D eigenvalue weighted by atomic mass is 19.4. The topological polar surface area (TPSA) is 63.2 Å². The average molecular weight is 412 g/mol. The molecule has 3 atom stereocenters. The molecule has 0 amide bonds. The van der Waals surface area contributed by atoms with Crippen LogP contribution in [0.4, 0.5) is 13.2 Å². The Hall–Kier alpha value is -2.78. The minimum Gasteiger partial charge on any atom is -0.497 e. The molecule has 1 aliphatic heterocycles. The summed E-state index contributed by atoms with van der Waals surface area (Å²) in [5.74, 6) is -0.907. The van der Waals surface area contributed by atoms with Gasteiger partial charge in [-0.25, -0.2) is 4.79 Å². The normalized spacial score (nSPS) is 24.2. The van der Waals surface area contributed by atoms with E-state index in [1.807, 2.05) is 0 Å². The number of hydrogen-bond acceptors (Lipinski definition) is 6. The van der Waals surface area contributed by atoms with Gasteiger partial charge in [0.25, 0.3) is 5.60 Å². The number of methoxy groups -OCH3 is 3. The molecule has 156 valence electrons. The molecule has 2 aromatic rings. The van der Waals surface area contributed by atoms with Gasteiger partial charge in [0.05, 0.1) is 21.3 Å². The molecule has 0 aliphatic carbocycles. The van der Waals surface area contributed by atoms with E-state index in [2.05, 4.69) is 4.74 Å². The van der Waals surface area contributed by atoms with E-state index in [-0.39, 0.29) is 11.1 Å². The molecular formula is C20H19F3O6. The van der Waals surface area contributed by atoms with E-state index in [1.54, 1.807) is 18.2 Å². The fourth-order valence-electron chi connectivity index (χ4n) is 3.17. The van der Waals surface area contributed by atoms with E-state index < -0.39 is 30.1 Å². The van der Waals surface area contributed by atoms with Gasteiger partial charge in [0, 0.05) is 5.56 Å². The average Bonchev–Trinajstić information content (AvgIpc) is 3.15. The SMILES string of the molecule is COC(=O)[C@@]1(C(F)(F)F)O[C@H](c2cccc(OC)c2)O[C@H]1c1cccc(OC)c1. The molecule has 6 nitrogen and oxygen atoms in total. The van der Waals surface area contributed by atoms with Crippen LogP contribution in [0.25, 0.3) is 0 Å². The van der Waals surface area contributed by atoms with Gasteiger partial charge in [0.1, 0.15) is 17.6 Å². The third-order valence-electron chi connectivity index (χ3n) is 4.59. The fraction of sp³-hybridized carbons (Fsp3) is 0.350. The van der Waals surface area contributed by atoms with Crippen LogP contribution in [0.15, 0.2) is 48.5 Å². The van der Waals surface area contributed by atoms with E-state index in [1.165, 1.54) is 44.6 Å². The standard InChI is InChI=1S/C20H19F3O6/c1-25-14-8-4-6-12(10-14)16-19(18(24)27-3,20(21,22)23)29-17(28-16)13-7-5-9-15(11-13)26-2/h4-11,16-17H,1-3H3/t16-,17+,19-/m0/s1. The second-order valence-corrected chi connectivity index (χ2v) is 6.24. The first kappa shape index (κ1) is 20.9. The number of esters is 1. The zero-order valence-electron chi connectivity index (χ0n) is 15.9. The minimum atomic E-state index is -5.12. The number of carbonyl (C=O) groups is 1. The molecule has 2 aromatic carbocycles. The highest BCUT2D eigenvalue weighted by molar-refractivity contribution is 5.82. The third-order valence-corrected chi connectivity index (χ3v) is 4.59. The molecule has 1 fully saturated rings. The summed E-state index contributed by atoms with van der Waals surface area (Å²) in [5, 5.41) is 0. The van der Waals surface area contributed by atoms with E-state index >= 15 is 0 Å². The molecule has 1 saturated heterocycles. The molecule has 0 spiro atoms. The van der Waals surface area contributed by atoms with E-state index in [9.17, 15) is 18.0 Å². The zero-order chi connectivity index (χ0) is 21.2. The number of ether oxygens (including phenoxy) is 5. The summed E-state index contributed by atoms with van der Waals surface area (Å²) in [6.45, 7) is 0. The van der Waals surface area contributed by atoms with E-state index in [0.717, 1.165) is 7.11 Å². The van der Waals surface area contributed by atoms with Gasteiger partial charge in [-0.15, -0.1) is 0 Å². The molecule has 0 unspecified atom stereocenters. The van der Waals surface area contributed by atoms with Crippen molar-refractivity contribution >= 4 is 5.97 Å². The van der Waals surface area contributed by atoms with Crippen LogP contribution in [0.3, 0.4) is 0 Å². The Morgan fingerprint density at radius 1 is 0.966 bits per heavy atom. The van der Waals surface area contributed by atoms with E-state index in [4.69, 9.17) is 18.9 Å². The first-order valence-corrected chi connectivity index (χ1v) is 8.53. The van der Waals surface area contributed by atoms with Gasteiger partial charge in [-0.2, -0.15) is 13.2 Å². The summed E-state index contributed by atoms with van der Waals surface area (Å²) in [6, 6.07) is 12.0. The molecule has 0 radical (unpaired) electrons. The minimum absolute atomic E-state index is 0.0532. The van der Waals surface area contributed by atoms with Gasteiger partial charge in [0.15, 0.2) is 6.29 Å².